The molecule has 0 radical (unpaired) electrons. The van der Waals surface area contributed by atoms with Gasteiger partial charge in [0.25, 0.3) is 5.56 Å². The third-order valence-corrected chi connectivity index (χ3v) is 8.07. The molecular weight excluding hydrogens is 688 g/mol. The maximum Gasteiger partial charge on any atom is 0.345 e. The number of nitrogens with one attached hydrogen (secondary N) is 1. The van der Waals surface area contributed by atoms with Crippen LogP contribution in [0.1, 0.15) is 45.7 Å². The number of amides is 1. The molecule has 14 nitrogen and oxygen atoms in total. The Morgan fingerprint density at radius 3 is 2.10 bits per heavy atom. The number of carbonyl (C=O) groups excluding carboxylic acids is 4. The number of hydrogen-bond acceptors (Lipinski definition) is 10. The zero-order valence-corrected chi connectivity index (χ0v) is 27.8. The van der Waals surface area contributed by atoms with Gasteiger partial charge in [0.05, 0.1) is 25.3 Å². The van der Waals surface area contributed by atoms with Crippen molar-refractivity contribution in [3.05, 3.63) is 123 Å². The Hall–Kier alpha value is -6.12. The third kappa shape index (κ3) is 8.73. The van der Waals surface area contributed by atoms with E-state index in [0.717, 1.165) is 16.8 Å². The van der Waals surface area contributed by atoms with Crippen LogP contribution in [0.3, 0.4) is 0 Å². The lowest BCUT2D eigenvalue weighted by molar-refractivity contribution is -0.175. The lowest BCUT2D eigenvalue weighted by Gasteiger charge is -2.31. The van der Waals surface area contributed by atoms with Crippen LogP contribution < -0.4 is 15.6 Å². The number of benzene rings is 3. The quantitative estimate of drug-likeness (QED) is 0.0839. The van der Waals surface area contributed by atoms with Gasteiger partial charge in [-0.3, -0.25) is 23.7 Å². The summed E-state index contributed by atoms with van der Waals surface area (Å²) in [6.45, 7) is 1.32. The second-order valence-corrected chi connectivity index (χ2v) is 11.7. The van der Waals surface area contributed by atoms with E-state index in [1.807, 2.05) is 5.32 Å². The molecule has 4 N–H and O–H groups in total. The molecule has 0 aliphatic rings. The van der Waals surface area contributed by atoms with Crippen LogP contribution >= 0.6 is 11.6 Å². The second kappa shape index (κ2) is 16.1. The number of carboxylic acids is 2. The molecule has 264 valence electrons. The van der Waals surface area contributed by atoms with Gasteiger partial charge in [0, 0.05) is 28.6 Å². The molecule has 1 heterocycles. The highest BCUT2D eigenvalue weighted by Gasteiger charge is 2.52. The number of halogens is 1. The average molecular weight is 719 g/mol. The van der Waals surface area contributed by atoms with Gasteiger partial charge < -0.3 is 30.1 Å². The first-order valence-corrected chi connectivity index (χ1v) is 15.5. The molecule has 0 fully saturated rings. The minimum atomic E-state index is -3.53. The number of rotatable bonds is 14. The summed E-state index contributed by atoms with van der Waals surface area (Å²) in [7, 11) is 1.27. The van der Waals surface area contributed by atoms with Crippen LogP contribution in [0.25, 0.3) is 11.1 Å². The van der Waals surface area contributed by atoms with Crippen molar-refractivity contribution in [2.24, 2.45) is 0 Å². The molecule has 51 heavy (non-hydrogen) atoms. The zero-order valence-electron chi connectivity index (χ0n) is 27.1. The largest absolute Gasteiger partial charge is 0.495 e. The Labute approximate surface area is 294 Å². The Kier molecular flexibility index (Phi) is 11.9. The third-order valence-electron chi connectivity index (χ3n) is 7.84. The summed E-state index contributed by atoms with van der Waals surface area (Å²) in [5.74, 6) is -8.67. The maximum atomic E-state index is 14.0. The van der Waals surface area contributed by atoms with Crippen LogP contribution in [0.5, 0.6) is 5.75 Å². The van der Waals surface area contributed by atoms with Crippen molar-refractivity contribution in [1.82, 2.24) is 9.88 Å². The first-order valence-electron chi connectivity index (χ1n) is 15.1. The monoisotopic (exact) mass is 718 g/mol. The number of aliphatic hydroxyl groups is 1. The van der Waals surface area contributed by atoms with Gasteiger partial charge in [0.2, 0.25) is 11.5 Å². The van der Waals surface area contributed by atoms with Gasteiger partial charge in [-0.15, -0.1) is 0 Å². The molecule has 0 spiro atoms. The number of carbonyl (C=O) groups is 6. The molecule has 4 aromatic rings. The van der Waals surface area contributed by atoms with Crippen molar-refractivity contribution in [3.63, 3.8) is 0 Å². The number of pyridine rings is 1. The highest BCUT2D eigenvalue weighted by Crippen LogP contribution is 2.34. The Morgan fingerprint density at radius 1 is 0.902 bits per heavy atom. The molecule has 3 aromatic carbocycles. The molecule has 15 heteroatoms. The summed E-state index contributed by atoms with van der Waals surface area (Å²) in [6, 6.07) is 16.5. The van der Waals surface area contributed by atoms with E-state index in [-0.39, 0.29) is 45.2 Å². The van der Waals surface area contributed by atoms with Crippen molar-refractivity contribution in [2.45, 2.75) is 37.5 Å². The van der Waals surface area contributed by atoms with E-state index in [2.05, 4.69) is 4.74 Å². The van der Waals surface area contributed by atoms with Crippen LogP contribution in [0.2, 0.25) is 5.02 Å². The molecular formula is C36H31ClN2O12. The number of aliphatic carboxylic acids is 2. The molecule has 0 bridgehead atoms. The number of aromatic nitrogens is 1. The molecule has 3 unspecified atom stereocenters. The van der Waals surface area contributed by atoms with Gasteiger partial charge in [-0.2, -0.15) is 0 Å². The first kappa shape index (κ1) is 37.7. The number of Topliss-reactive ketones (excluding diaryl/α,β-unsaturated/α-hetero) is 1. The van der Waals surface area contributed by atoms with Crippen molar-refractivity contribution in [2.75, 3.05) is 7.11 Å². The minimum Gasteiger partial charge on any atom is -0.495 e. The van der Waals surface area contributed by atoms with Gasteiger partial charge in [-0.25, -0.2) is 14.4 Å². The predicted octanol–water partition coefficient (Wildman–Crippen LogP) is 3.32. The topological polar surface area (TPSA) is 216 Å². The van der Waals surface area contributed by atoms with Crippen molar-refractivity contribution in [1.29, 1.82) is 0 Å². The second-order valence-electron chi connectivity index (χ2n) is 11.3. The summed E-state index contributed by atoms with van der Waals surface area (Å²) in [6.07, 6.45) is -0.667. The van der Waals surface area contributed by atoms with Crippen LogP contribution in [0, 0.1) is 0 Å². The lowest BCUT2D eigenvalue weighted by Crippen LogP contribution is -2.63. The number of nitrogens with zero attached hydrogens (tertiary/aromatic N) is 1. The van der Waals surface area contributed by atoms with Gasteiger partial charge in [-0.1, -0.05) is 60.1 Å². The van der Waals surface area contributed by atoms with Crippen LogP contribution in [0.4, 0.5) is 0 Å². The van der Waals surface area contributed by atoms with E-state index in [9.17, 15) is 48.9 Å². The molecule has 0 aliphatic heterocycles. The number of hydrogen-bond donors (Lipinski definition) is 4. The smallest absolute Gasteiger partial charge is 0.345 e. The van der Waals surface area contributed by atoms with Gasteiger partial charge >= 0.3 is 23.9 Å². The summed E-state index contributed by atoms with van der Waals surface area (Å²) in [5.41, 5.74) is -3.32. The van der Waals surface area contributed by atoms with Gasteiger partial charge in [-0.05, 0) is 48.4 Å². The summed E-state index contributed by atoms with van der Waals surface area (Å²) in [4.78, 5) is 89.8. The van der Waals surface area contributed by atoms with Gasteiger partial charge in [0.15, 0.2) is 11.8 Å². The van der Waals surface area contributed by atoms with Crippen molar-refractivity contribution < 1.29 is 53.6 Å². The fourth-order valence-corrected chi connectivity index (χ4v) is 5.44. The highest BCUT2D eigenvalue weighted by molar-refractivity contribution is 6.31. The van der Waals surface area contributed by atoms with Crippen LogP contribution in [-0.2, 0) is 30.3 Å². The lowest BCUT2D eigenvalue weighted by atomic mass is 9.89. The normalized spacial score (nSPS) is 13.2. The molecule has 1 amide bonds. The van der Waals surface area contributed by atoms with Crippen LogP contribution in [-0.4, -0.2) is 74.2 Å². The van der Waals surface area contributed by atoms with E-state index in [1.54, 1.807) is 36.4 Å². The fraction of sp³-hybridized carbons (Fsp3) is 0.194. The maximum absolute atomic E-state index is 14.0. The number of esters is 2. The Balaban J connectivity index is 1.75. The van der Waals surface area contributed by atoms with E-state index < -0.39 is 59.4 Å². The standard InChI is InChI=1S/C36H31ClN2O12/c1-20(40)24-14-13-23(37)16-25(24)26-17-29(41)39(19-28(26)50-2)27(15-21-9-5-3-6-10-21)32(43)38-31(33(44)45)36(49,35(47)48)18-30(42)51-34(46)22-11-7-4-8-12-22/h3-14,16-17,19,27,31,49H,15,18H2,1-2H3,(H,38,43)(H,44,45)(H,47,48). The van der Waals surface area contributed by atoms with Crippen molar-refractivity contribution in [3.8, 4) is 16.9 Å². The Bertz CT molecular complexity index is 2050. The molecule has 3 atom stereocenters. The summed E-state index contributed by atoms with van der Waals surface area (Å²) >= 11 is 6.19. The van der Waals surface area contributed by atoms with E-state index in [0.29, 0.717) is 5.56 Å². The number of ketones is 1. The van der Waals surface area contributed by atoms with E-state index in [1.165, 1.54) is 56.5 Å². The van der Waals surface area contributed by atoms with Crippen molar-refractivity contribution >= 4 is 47.2 Å². The average Bonchev–Trinajstić information content (AvgIpc) is 3.09. The molecule has 0 aliphatic carbocycles. The summed E-state index contributed by atoms with van der Waals surface area (Å²) < 4.78 is 11.1. The first-order chi connectivity index (χ1) is 24.2. The minimum absolute atomic E-state index is 0.00730. The summed E-state index contributed by atoms with van der Waals surface area (Å²) in [5, 5.41) is 33.3. The molecule has 4 rings (SSSR count). The Morgan fingerprint density at radius 2 is 1.53 bits per heavy atom. The highest BCUT2D eigenvalue weighted by atomic mass is 35.5. The van der Waals surface area contributed by atoms with Gasteiger partial charge in [0.1, 0.15) is 11.8 Å². The fourth-order valence-electron chi connectivity index (χ4n) is 5.26. The molecule has 1 aromatic heterocycles. The van der Waals surface area contributed by atoms with Crippen LogP contribution in [0.15, 0.2) is 95.9 Å². The molecule has 0 saturated carbocycles. The number of carboxylic acid groups (broad SMARTS) is 2. The van der Waals surface area contributed by atoms with E-state index >= 15 is 0 Å². The SMILES string of the molecule is COc1cn(C(Cc2ccccc2)C(=O)NC(C(=O)O)C(O)(CC(=O)OC(=O)c2ccccc2)C(=O)O)c(=O)cc1-c1cc(Cl)ccc1C(C)=O. The predicted molar refractivity (Wildman–Crippen MR) is 181 cm³/mol. The zero-order chi connectivity index (χ0) is 37.5. The van der Waals surface area contributed by atoms with E-state index in [4.69, 9.17) is 16.3 Å². The number of ether oxygens (including phenoxy) is 2. The molecule has 0 saturated heterocycles. The number of methoxy groups -OCH3 is 1.